The minimum absolute atomic E-state index is 0.200. The van der Waals surface area contributed by atoms with Crippen LogP contribution < -0.4 is 5.32 Å². The van der Waals surface area contributed by atoms with Gasteiger partial charge in [-0.05, 0) is 24.3 Å². The molecule has 0 aliphatic heterocycles. The minimum Gasteiger partial charge on any atom is -0.395 e. The predicted molar refractivity (Wildman–Crippen MR) is 70.5 cm³/mol. The number of anilines is 1. The maximum Gasteiger partial charge on any atom is 0.433 e. The molecule has 0 aliphatic rings. The second-order valence-corrected chi connectivity index (χ2v) is 3.97. The predicted octanol–water partition coefficient (Wildman–Crippen LogP) is 2.07. The molecule has 0 spiro atoms. The Morgan fingerprint density at radius 2 is 1.76 bits per heavy atom. The van der Waals surface area contributed by atoms with Gasteiger partial charge < -0.3 is 9.73 Å². The smallest absolute Gasteiger partial charge is 0.395 e. The Labute approximate surface area is 117 Å². The van der Waals surface area contributed by atoms with Crippen molar-refractivity contribution in [3.05, 3.63) is 57.3 Å². The molecule has 8 heteroatoms. The van der Waals surface area contributed by atoms with Gasteiger partial charge in [-0.3, -0.25) is 24.5 Å². The third kappa shape index (κ3) is 3.18. The number of nitro groups is 1. The zero-order valence-electron chi connectivity index (χ0n) is 10.4. The fourth-order valence-corrected chi connectivity index (χ4v) is 1.63. The number of carbonyl (C=O) groups excluding carboxylic acids is 3. The lowest BCUT2D eigenvalue weighted by atomic mass is 10.1. The highest BCUT2D eigenvalue weighted by Crippen LogP contribution is 2.18. The maximum atomic E-state index is 11.8. The first kappa shape index (κ1) is 14.1. The molecule has 1 aromatic heterocycles. The largest absolute Gasteiger partial charge is 0.433 e. The van der Waals surface area contributed by atoms with E-state index in [0.717, 1.165) is 12.1 Å². The van der Waals surface area contributed by atoms with E-state index in [1.807, 2.05) is 0 Å². The van der Waals surface area contributed by atoms with E-state index in [1.54, 1.807) is 0 Å². The van der Waals surface area contributed by atoms with Crippen molar-refractivity contribution in [2.75, 3.05) is 5.32 Å². The molecule has 0 saturated heterocycles. The van der Waals surface area contributed by atoms with Crippen LogP contribution in [0, 0.1) is 10.1 Å². The molecule has 1 N–H and O–H groups in total. The molecule has 1 heterocycles. The summed E-state index contributed by atoms with van der Waals surface area (Å²) in [5.74, 6) is -1.55. The van der Waals surface area contributed by atoms with Crippen molar-refractivity contribution in [2.45, 2.75) is 0 Å². The summed E-state index contributed by atoms with van der Waals surface area (Å²) in [4.78, 5) is 43.0. The SMILES string of the molecule is O=Cc1cc(C=O)cc(NC(=O)c2ccc([N+](=O)[O-])o2)c1. The Bertz CT molecular complexity index is 708. The second kappa shape index (κ2) is 5.78. The van der Waals surface area contributed by atoms with Crippen LogP contribution in [0.15, 0.2) is 34.7 Å². The van der Waals surface area contributed by atoms with E-state index in [4.69, 9.17) is 4.42 Å². The van der Waals surface area contributed by atoms with Gasteiger partial charge in [0.25, 0.3) is 5.91 Å². The van der Waals surface area contributed by atoms with E-state index in [1.165, 1.54) is 18.2 Å². The van der Waals surface area contributed by atoms with Crippen LogP contribution in [0.3, 0.4) is 0 Å². The fraction of sp³-hybridized carbons (Fsp3) is 0. The van der Waals surface area contributed by atoms with Gasteiger partial charge in [-0.2, -0.15) is 0 Å². The molecule has 21 heavy (non-hydrogen) atoms. The van der Waals surface area contributed by atoms with Crippen molar-refractivity contribution in [1.82, 2.24) is 0 Å². The van der Waals surface area contributed by atoms with Crippen LogP contribution >= 0.6 is 0 Å². The van der Waals surface area contributed by atoms with Crippen molar-refractivity contribution < 1.29 is 23.7 Å². The molecule has 1 amide bonds. The summed E-state index contributed by atoms with van der Waals surface area (Å²) < 4.78 is 4.74. The number of rotatable bonds is 5. The third-order valence-corrected chi connectivity index (χ3v) is 2.50. The van der Waals surface area contributed by atoms with Crippen LogP contribution in [0.25, 0.3) is 0 Å². The fourth-order valence-electron chi connectivity index (χ4n) is 1.63. The van der Waals surface area contributed by atoms with Gasteiger partial charge in [-0.1, -0.05) is 0 Å². The Balaban J connectivity index is 2.24. The van der Waals surface area contributed by atoms with Gasteiger partial charge in [-0.25, -0.2) is 0 Å². The molecular weight excluding hydrogens is 280 g/mol. The quantitative estimate of drug-likeness (QED) is 0.511. The maximum absolute atomic E-state index is 11.8. The van der Waals surface area contributed by atoms with Gasteiger partial charge in [0, 0.05) is 16.8 Å². The first-order valence-electron chi connectivity index (χ1n) is 5.64. The van der Waals surface area contributed by atoms with Crippen LogP contribution in [0.5, 0.6) is 0 Å². The molecule has 1 aromatic carbocycles. The zero-order chi connectivity index (χ0) is 15.4. The van der Waals surface area contributed by atoms with Gasteiger partial charge in [0.05, 0.1) is 6.07 Å². The molecular formula is C13H8N2O6. The van der Waals surface area contributed by atoms with Gasteiger partial charge in [0.2, 0.25) is 0 Å². The summed E-state index contributed by atoms with van der Waals surface area (Å²) in [5, 5.41) is 12.9. The van der Waals surface area contributed by atoms with Crippen LogP contribution in [0.2, 0.25) is 0 Å². The lowest BCUT2D eigenvalue weighted by Crippen LogP contribution is -2.11. The number of hydrogen-bond donors (Lipinski definition) is 1. The Hall–Kier alpha value is -3.29. The van der Waals surface area contributed by atoms with E-state index >= 15 is 0 Å². The first-order valence-corrected chi connectivity index (χ1v) is 5.64. The molecule has 2 aromatic rings. The van der Waals surface area contributed by atoms with Crippen molar-refractivity contribution in [3.8, 4) is 0 Å². The molecule has 8 nitrogen and oxygen atoms in total. The molecule has 0 unspecified atom stereocenters. The highest BCUT2D eigenvalue weighted by atomic mass is 16.6. The van der Waals surface area contributed by atoms with Crippen LogP contribution in [-0.2, 0) is 0 Å². The van der Waals surface area contributed by atoms with Crippen LogP contribution in [0.1, 0.15) is 31.3 Å². The minimum atomic E-state index is -0.770. The standard InChI is InChI=1S/C13H8N2O6/c16-6-8-3-9(7-17)5-10(4-8)14-13(18)11-1-2-12(21-11)15(19)20/h1-7H,(H,14,18). The van der Waals surface area contributed by atoms with Gasteiger partial charge in [0.1, 0.15) is 17.5 Å². The van der Waals surface area contributed by atoms with Crippen molar-refractivity contribution >= 4 is 30.1 Å². The van der Waals surface area contributed by atoms with E-state index < -0.39 is 16.7 Å². The number of carbonyl (C=O) groups is 3. The highest BCUT2D eigenvalue weighted by Gasteiger charge is 2.17. The van der Waals surface area contributed by atoms with Crippen LogP contribution in [0.4, 0.5) is 11.6 Å². The second-order valence-electron chi connectivity index (χ2n) is 3.97. The topological polar surface area (TPSA) is 120 Å². The van der Waals surface area contributed by atoms with Gasteiger partial charge in [-0.15, -0.1) is 0 Å². The normalized spacial score (nSPS) is 9.90. The first-order chi connectivity index (χ1) is 10.0. The number of nitrogens with zero attached hydrogens (tertiary/aromatic N) is 1. The number of amides is 1. The zero-order valence-corrected chi connectivity index (χ0v) is 10.4. The Morgan fingerprint density at radius 1 is 1.14 bits per heavy atom. The number of hydrogen-bond acceptors (Lipinski definition) is 6. The molecule has 0 fully saturated rings. The summed E-state index contributed by atoms with van der Waals surface area (Å²) in [7, 11) is 0. The number of aldehydes is 2. The lowest BCUT2D eigenvalue weighted by molar-refractivity contribution is -0.402. The number of furan rings is 1. The average molecular weight is 288 g/mol. The Kier molecular flexibility index (Phi) is 3.89. The van der Waals surface area contributed by atoms with Gasteiger partial charge in [0.15, 0.2) is 5.76 Å². The summed E-state index contributed by atoms with van der Waals surface area (Å²) in [6, 6.07) is 6.27. The summed E-state index contributed by atoms with van der Waals surface area (Å²) in [5.41, 5.74) is 0.617. The molecule has 106 valence electrons. The molecule has 0 aliphatic carbocycles. The molecule has 0 radical (unpaired) electrons. The summed E-state index contributed by atoms with van der Waals surface area (Å²) in [6.45, 7) is 0. The monoisotopic (exact) mass is 288 g/mol. The van der Waals surface area contributed by atoms with Crippen molar-refractivity contribution in [2.24, 2.45) is 0 Å². The molecule has 0 saturated carbocycles. The average Bonchev–Trinajstić information content (AvgIpc) is 2.97. The lowest BCUT2D eigenvalue weighted by Gasteiger charge is -2.04. The summed E-state index contributed by atoms with van der Waals surface area (Å²) in [6.07, 6.45) is 1.06. The molecule has 0 atom stereocenters. The van der Waals surface area contributed by atoms with Gasteiger partial charge >= 0.3 is 5.88 Å². The van der Waals surface area contributed by atoms with Crippen LogP contribution in [-0.4, -0.2) is 23.4 Å². The van der Waals surface area contributed by atoms with Crippen molar-refractivity contribution in [1.29, 1.82) is 0 Å². The third-order valence-electron chi connectivity index (χ3n) is 2.50. The van der Waals surface area contributed by atoms with E-state index in [0.29, 0.717) is 12.6 Å². The van der Waals surface area contributed by atoms with E-state index in [9.17, 15) is 24.5 Å². The van der Waals surface area contributed by atoms with E-state index in [-0.39, 0.29) is 22.6 Å². The Morgan fingerprint density at radius 3 is 2.24 bits per heavy atom. The number of nitrogens with one attached hydrogen (secondary N) is 1. The number of benzene rings is 1. The molecule has 0 bridgehead atoms. The molecule has 2 rings (SSSR count). The van der Waals surface area contributed by atoms with Crippen molar-refractivity contribution in [3.63, 3.8) is 0 Å². The summed E-state index contributed by atoms with van der Waals surface area (Å²) >= 11 is 0. The van der Waals surface area contributed by atoms with E-state index in [2.05, 4.69) is 5.32 Å². The highest BCUT2D eigenvalue weighted by molar-refractivity contribution is 6.03.